The lowest BCUT2D eigenvalue weighted by atomic mass is 10.1. The van der Waals surface area contributed by atoms with E-state index in [1.54, 1.807) is 16.7 Å². The fourth-order valence-corrected chi connectivity index (χ4v) is 2.24. The number of nitrogens with zero attached hydrogens (tertiary/aromatic N) is 1. The van der Waals surface area contributed by atoms with Crippen molar-refractivity contribution < 1.29 is 9.21 Å². The molecular weight excluding hydrogens is 230 g/mol. The molecule has 0 bridgehead atoms. The van der Waals surface area contributed by atoms with E-state index in [1.165, 1.54) is 0 Å². The second-order valence-corrected chi connectivity index (χ2v) is 4.84. The second kappa shape index (κ2) is 4.12. The zero-order valence-corrected chi connectivity index (χ0v) is 10.3. The van der Waals surface area contributed by atoms with Crippen molar-refractivity contribution in [1.82, 2.24) is 4.57 Å². The molecule has 18 heavy (non-hydrogen) atoms. The first kappa shape index (κ1) is 11.3. The quantitative estimate of drug-likeness (QED) is 0.778. The van der Waals surface area contributed by atoms with Gasteiger partial charge in [0, 0.05) is 18.0 Å². The van der Waals surface area contributed by atoms with Gasteiger partial charge in [0.15, 0.2) is 11.4 Å². The highest BCUT2D eigenvalue weighted by Gasteiger charge is 2.30. The molecule has 1 saturated carbocycles. The standard InChI is InChI=1S/C14H15NO3/c1-2-7-15-11-6-5-10(13(16)9-3-4-9)8-12(11)18-14(15)17/h5-6,8-9H,2-4,7H2,1H3. The average Bonchev–Trinajstić information content (AvgIpc) is 3.15. The van der Waals surface area contributed by atoms with E-state index in [4.69, 9.17) is 4.42 Å². The summed E-state index contributed by atoms with van der Waals surface area (Å²) in [5, 5.41) is 0. The number of aromatic nitrogens is 1. The molecule has 0 saturated heterocycles. The molecule has 94 valence electrons. The minimum Gasteiger partial charge on any atom is -0.408 e. The van der Waals surface area contributed by atoms with Crippen LogP contribution in [0.2, 0.25) is 0 Å². The lowest BCUT2D eigenvalue weighted by molar-refractivity contribution is 0.0967. The van der Waals surface area contributed by atoms with Crippen molar-refractivity contribution in [3.63, 3.8) is 0 Å². The van der Waals surface area contributed by atoms with Crippen LogP contribution in [0, 0.1) is 5.92 Å². The van der Waals surface area contributed by atoms with Gasteiger partial charge in [-0.1, -0.05) is 6.92 Å². The van der Waals surface area contributed by atoms with Gasteiger partial charge in [0.2, 0.25) is 0 Å². The maximum absolute atomic E-state index is 11.9. The van der Waals surface area contributed by atoms with Crippen molar-refractivity contribution in [3.05, 3.63) is 34.3 Å². The first-order chi connectivity index (χ1) is 8.70. The van der Waals surface area contributed by atoms with Crippen molar-refractivity contribution in [3.8, 4) is 0 Å². The molecule has 1 heterocycles. The predicted octanol–water partition coefficient (Wildman–Crippen LogP) is 2.60. The van der Waals surface area contributed by atoms with Gasteiger partial charge < -0.3 is 4.42 Å². The van der Waals surface area contributed by atoms with Crippen molar-refractivity contribution >= 4 is 16.9 Å². The Kier molecular flexibility index (Phi) is 2.58. The number of carbonyl (C=O) groups excluding carboxylic acids is 1. The van der Waals surface area contributed by atoms with Crippen LogP contribution in [0.25, 0.3) is 11.1 Å². The highest BCUT2D eigenvalue weighted by molar-refractivity contribution is 6.01. The summed E-state index contributed by atoms with van der Waals surface area (Å²) in [5.41, 5.74) is 1.94. The van der Waals surface area contributed by atoms with Crippen LogP contribution in [0.4, 0.5) is 0 Å². The van der Waals surface area contributed by atoms with Crippen LogP contribution < -0.4 is 5.76 Å². The van der Waals surface area contributed by atoms with Crippen LogP contribution in [-0.4, -0.2) is 10.4 Å². The molecule has 0 N–H and O–H groups in total. The van der Waals surface area contributed by atoms with Gasteiger partial charge in [-0.3, -0.25) is 9.36 Å². The summed E-state index contributed by atoms with van der Waals surface area (Å²) in [6.45, 7) is 2.65. The lowest BCUT2D eigenvalue weighted by Crippen LogP contribution is -2.13. The Hall–Kier alpha value is -1.84. The minimum absolute atomic E-state index is 0.169. The van der Waals surface area contributed by atoms with E-state index in [1.807, 2.05) is 13.0 Å². The Balaban J connectivity index is 2.07. The normalized spacial score (nSPS) is 15.2. The maximum atomic E-state index is 11.9. The molecule has 1 aliphatic rings. The molecule has 0 spiro atoms. The number of aryl methyl sites for hydroxylation is 1. The van der Waals surface area contributed by atoms with E-state index < -0.39 is 0 Å². The van der Waals surface area contributed by atoms with Gasteiger partial charge in [-0.05, 0) is 37.5 Å². The van der Waals surface area contributed by atoms with Crippen LogP contribution in [0.3, 0.4) is 0 Å². The maximum Gasteiger partial charge on any atom is 0.419 e. The molecule has 0 unspecified atom stereocenters. The fraction of sp³-hybridized carbons (Fsp3) is 0.429. The Bertz CT molecular complexity index is 661. The molecule has 0 aliphatic heterocycles. The smallest absolute Gasteiger partial charge is 0.408 e. The number of rotatable bonds is 4. The molecule has 3 rings (SSSR count). The Morgan fingerprint density at radius 1 is 1.44 bits per heavy atom. The number of oxazole rings is 1. The zero-order chi connectivity index (χ0) is 12.7. The van der Waals surface area contributed by atoms with Crippen LogP contribution in [0.1, 0.15) is 36.5 Å². The predicted molar refractivity (Wildman–Crippen MR) is 67.8 cm³/mol. The number of fused-ring (bicyclic) bond motifs is 1. The SMILES string of the molecule is CCCn1c(=O)oc2cc(C(=O)C3CC3)ccc21. The van der Waals surface area contributed by atoms with Crippen LogP contribution in [-0.2, 0) is 6.54 Å². The summed E-state index contributed by atoms with van der Waals surface area (Å²) >= 11 is 0. The molecule has 4 heteroatoms. The molecule has 0 amide bonds. The molecule has 4 nitrogen and oxygen atoms in total. The number of ketones is 1. The fourth-order valence-electron chi connectivity index (χ4n) is 2.24. The molecule has 1 aromatic carbocycles. The molecule has 1 aliphatic carbocycles. The summed E-state index contributed by atoms with van der Waals surface area (Å²) in [6.07, 6.45) is 2.84. The van der Waals surface area contributed by atoms with E-state index in [9.17, 15) is 9.59 Å². The molecule has 1 fully saturated rings. The van der Waals surface area contributed by atoms with Gasteiger partial charge in [0.25, 0.3) is 0 Å². The van der Waals surface area contributed by atoms with Gasteiger partial charge in [-0.15, -0.1) is 0 Å². The third-order valence-corrected chi connectivity index (χ3v) is 3.35. The van der Waals surface area contributed by atoms with Crippen LogP contribution in [0.15, 0.2) is 27.4 Å². The number of hydrogen-bond acceptors (Lipinski definition) is 3. The summed E-state index contributed by atoms with van der Waals surface area (Å²) in [4.78, 5) is 23.6. The zero-order valence-electron chi connectivity index (χ0n) is 10.3. The van der Waals surface area contributed by atoms with Crippen molar-refractivity contribution in [2.75, 3.05) is 0 Å². The Morgan fingerprint density at radius 2 is 2.22 bits per heavy atom. The summed E-state index contributed by atoms with van der Waals surface area (Å²) in [5.74, 6) is 0.0116. The monoisotopic (exact) mass is 245 g/mol. The molecule has 2 aromatic rings. The van der Waals surface area contributed by atoms with Gasteiger partial charge in [-0.2, -0.15) is 0 Å². The molecular formula is C14H15NO3. The largest absolute Gasteiger partial charge is 0.419 e. The highest BCUT2D eigenvalue weighted by Crippen LogP contribution is 2.33. The third kappa shape index (κ3) is 1.78. The van der Waals surface area contributed by atoms with Gasteiger partial charge in [0.1, 0.15) is 0 Å². The van der Waals surface area contributed by atoms with E-state index in [0.717, 1.165) is 24.8 Å². The lowest BCUT2D eigenvalue weighted by Gasteiger charge is -2.00. The minimum atomic E-state index is -0.345. The number of carbonyl (C=O) groups is 1. The van der Waals surface area contributed by atoms with Gasteiger partial charge in [0.05, 0.1) is 5.52 Å². The van der Waals surface area contributed by atoms with Crippen LogP contribution >= 0.6 is 0 Å². The topological polar surface area (TPSA) is 52.2 Å². The number of benzene rings is 1. The molecule has 1 aromatic heterocycles. The van der Waals surface area contributed by atoms with Gasteiger partial charge in [-0.25, -0.2) is 4.79 Å². The Morgan fingerprint density at radius 3 is 2.89 bits per heavy atom. The number of Topliss-reactive ketones (excluding diaryl/α,β-unsaturated/α-hetero) is 1. The van der Waals surface area contributed by atoms with Crippen molar-refractivity contribution in [2.24, 2.45) is 5.92 Å². The first-order valence-electron chi connectivity index (χ1n) is 6.38. The van der Waals surface area contributed by atoms with Crippen molar-refractivity contribution in [2.45, 2.75) is 32.7 Å². The first-order valence-corrected chi connectivity index (χ1v) is 6.38. The summed E-state index contributed by atoms with van der Waals surface area (Å²) < 4.78 is 6.81. The second-order valence-electron chi connectivity index (χ2n) is 4.84. The van der Waals surface area contributed by atoms with E-state index in [2.05, 4.69) is 0 Å². The highest BCUT2D eigenvalue weighted by atomic mass is 16.4. The molecule has 0 atom stereocenters. The van der Waals surface area contributed by atoms with E-state index in [0.29, 0.717) is 17.7 Å². The van der Waals surface area contributed by atoms with Gasteiger partial charge >= 0.3 is 5.76 Å². The van der Waals surface area contributed by atoms with E-state index in [-0.39, 0.29) is 17.5 Å². The Labute approximate surface area is 104 Å². The van der Waals surface area contributed by atoms with Crippen molar-refractivity contribution in [1.29, 1.82) is 0 Å². The summed E-state index contributed by atoms with van der Waals surface area (Å²) in [7, 11) is 0. The third-order valence-electron chi connectivity index (χ3n) is 3.35. The summed E-state index contributed by atoms with van der Waals surface area (Å²) in [6, 6.07) is 5.30. The van der Waals surface area contributed by atoms with E-state index >= 15 is 0 Å². The molecule has 0 radical (unpaired) electrons. The number of hydrogen-bond donors (Lipinski definition) is 0. The average molecular weight is 245 g/mol. The van der Waals surface area contributed by atoms with Crippen LogP contribution in [0.5, 0.6) is 0 Å².